The predicted molar refractivity (Wildman–Crippen MR) is 99.3 cm³/mol. The molecule has 2 nitrogen and oxygen atoms in total. The highest BCUT2D eigenvalue weighted by Crippen LogP contribution is 2.50. The van der Waals surface area contributed by atoms with Gasteiger partial charge in [0.2, 0.25) is 0 Å². The molecule has 0 unspecified atom stereocenters. The highest BCUT2D eigenvalue weighted by molar-refractivity contribution is 6.42. The van der Waals surface area contributed by atoms with Gasteiger partial charge in [-0.05, 0) is 60.7 Å². The normalized spacial score (nSPS) is 24.2. The van der Waals surface area contributed by atoms with Gasteiger partial charge in [-0.3, -0.25) is 4.79 Å². The van der Waals surface area contributed by atoms with E-state index in [1.807, 2.05) is 36.4 Å². The van der Waals surface area contributed by atoms with Crippen LogP contribution in [0.5, 0.6) is 0 Å². The third kappa shape index (κ3) is 2.54. The Morgan fingerprint density at radius 3 is 2.71 bits per heavy atom. The lowest BCUT2D eigenvalue weighted by Crippen LogP contribution is -2.29. The van der Waals surface area contributed by atoms with Crippen molar-refractivity contribution in [2.45, 2.75) is 25.3 Å². The Morgan fingerprint density at radius 2 is 1.96 bits per heavy atom. The molecular weight excluding hydrogens is 341 g/mol. The van der Waals surface area contributed by atoms with Crippen LogP contribution < -0.4 is 5.32 Å². The molecule has 4 heteroatoms. The zero-order chi connectivity index (χ0) is 16.8. The zero-order valence-electron chi connectivity index (χ0n) is 13.2. The molecule has 1 heterocycles. The van der Waals surface area contributed by atoms with E-state index < -0.39 is 0 Å². The number of ketones is 1. The Balaban J connectivity index is 1.78. The van der Waals surface area contributed by atoms with E-state index in [4.69, 9.17) is 23.2 Å². The molecule has 0 aromatic heterocycles. The molecule has 2 aliphatic rings. The van der Waals surface area contributed by atoms with E-state index in [9.17, 15) is 4.79 Å². The number of hydrogen-bond acceptors (Lipinski definition) is 2. The fraction of sp³-hybridized carbons (Fsp3) is 0.250. The van der Waals surface area contributed by atoms with Crippen molar-refractivity contribution in [3.63, 3.8) is 0 Å². The van der Waals surface area contributed by atoms with Crippen LogP contribution in [0.25, 0.3) is 0 Å². The van der Waals surface area contributed by atoms with Crippen LogP contribution in [-0.2, 0) is 0 Å². The lowest BCUT2D eigenvalue weighted by atomic mass is 9.76. The van der Waals surface area contributed by atoms with E-state index in [-0.39, 0.29) is 11.8 Å². The van der Waals surface area contributed by atoms with Crippen LogP contribution in [0, 0.1) is 5.92 Å². The molecule has 0 saturated carbocycles. The molecule has 1 aliphatic carbocycles. The van der Waals surface area contributed by atoms with Gasteiger partial charge >= 0.3 is 0 Å². The summed E-state index contributed by atoms with van der Waals surface area (Å²) in [6.07, 6.45) is 5.50. The number of Topliss-reactive ketones (excluding diaryl/α,β-unsaturated/α-hetero) is 1. The van der Waals surface area contributed by atoms with Crippen LogP contribution in [-0.4, -0.2) is 5.78 Å². The molecule has 1 aliphatic heterocycles. The van der Waals surface area contributed by atoms with Gasteiger partial charge in [0, 0.05) is 17.2 Å². The minimum Gasteiger partial charge on any atom is -0.378 e. The quantitative estimate of drug-likeness (QED) is 0.525. The maximum atomic E-state index is 11.7. The molecule has 0 amide bonds. The van der Waals surface area contributed by atoms with Gasteiger partial charge in [0.1, 0.15) is 0 Å². The maximum Gasteiger partial charge on any atom is 0.159 e. The van der Waals surface area contributed by atoms with Crippen LogP contribution >= 0.6 is 23.2 Å². The monoisotopic (exact) mass is 357 g/mol. The first-order valence-electron chi connectivity index (χ1n) is 8.07. The number of allylic oxidation sites excluding steroid dienone is 2. The second-order valence-corrected chi connectivity index (χ2v) is 7.32. The molecule has 3 atom stereocenters. The third-order valence-corrected chi connectivity index (χ3v) is 5.81. The molecule has 0 saturated heterocycles. The molecule has 0 spiro atoms. The Hall–Kier alpha value is -1.77. The number of nitrogens with one attached hydrogen (secondary N) is 1. The van der Waals surface area contributed by atoms with Crippen LogP contribution in [0.2, 0.25) is 10.0 Å². The second kappa shape index (κ2) is 5.94. The fourth-order valence-electron chi connectivity index (χ4n) is 3.85. The lowest BCUT2D eigenvalue weighted by molar-refractivity contribution is 0.101. The first kappa shape index (κ1) is 15.7. The number of anilines is 1. The number of carbonyl (C=O) groups excluding carboxylic acids is 1. The molecule has 2 aromatic carbocycles. The molecule has 2 aromatic rings. The molecule has 122 valence electrons. The Labute approximate surface area is 151 Å². The standard InChI is InChI=1S/C20H17Cl2NO/c1-11(24)12-6-8-19-16(9-12)14-3-2-4-15(14)20(23-19)13-5-7-17(21)18(22)10-13/h2-3,5-10,14-15,20,23H,4H2,1H3/t14-,15+,20+/m1/s1. The minimum absolute atomic E-state index is 0.0999. The second-order valence-electron chi connectivity index (χ2n) is 6.51. The number of hydrogen-bond donors (Lipinski definition) is 1. The summed E-state index contributed by atoms with van der Waals surface area (Å²) in [5.74, 6) is 0.833. The van der Waals surface area contributed by atoms with Gasteiger partial charge in [-0.1, -0.05) is 41.4 Å². The van der Waals surface area contributed by atoms with Gasteiger partial charge in [0.15, 0.2) is 5.78 Å². The molecule has 24 heavy (non-hydrogen) atoms. The number of rotatable bonds is 2. The summed E-state index contributed by atoms with van der Waals surface area (Å²) >= 11 is 12.3. The van der Waals surface area contributed by atoms with Gasteiger partial charge in [-0.25, -0.2) is 0 Å². The highest BCUT2D eigenvalue weighted by Gasteiger charge is 2.38. The van der Waals surface area contributed by atoms with Crippen molar-refractivity contribution in [1.29, 1.82) is 0 Å². The van der Waals surface area contributed by atoms with Gasteiger partial charge in [-0.2, -0.15) is 0 Å². The van der Waals surface area contributed by atoms with E-state index in [1.165, 1.54) is 5.56 Å². The highest BCUT2D eigenvalue weighted by atomic mass is 35.5. The first-order valence-corrected chi connectivity index (χ1v) is 8.83. The van der Waals surface area contributed by atoms with Crippen LogP contribution in [0.3, 0.4) is 0 Å². The van der Waals surface area contributed by atoms with Crippen molar-refractivity contribution in [1.82, 2.24) is 0 Å². The Morgan fingerprint density at radius 1 is 1.12 bits per heavy atom. The molecule has 0 fully saturated rings. The summed E-state index contributed by atoms with van der Waals surface area (Å²) < 4.78 is 0. The van der Waals surface area contributed by atoms with E-state index in [0.717, 1.165) is 23.2 Å². The van der Waals surface area contributed by atoms with E-state index in [2.05, 4.69) is 17.5 Å². The van der Waals surface area contributed by atoms with Crippen molar-refractivity contribution in [2.24, 2.45) is 5.92 Å². The number of fused-ring (bicyclic) bond motifs is 3. The summed E-state index contributed by atoms with van der Waals surface area (Å²) in [5, 5.41) is 4.80. The average Bonchev–Trinajstić information content (AvgIpc) is 3.06. The maximum absolute atomic E-state index is 11.7. The van der Waals surface area contributed by atoms with Crippen LogP contribution in [0.1, 0.15) is 46.8 Å². The molecule has 1 N–H and O–H groups in total. The molecule has 4 rings (SSSR count). The zero-order valence-corrected chi connectivity index (χ0v) is 14.7. The van der Waals surface area contributed by atoms with Gasteiger partial charge in [0.05, 0.1) is 16.1 Å². The van der Waals surface area contributed by atoms with Crippen LogP contribution in [0.15, 0.2) is 48.6 Å². The summed E-state index contributed by atoms with van der Waals surface area (Å²) in [6.45, 7) is 1.61. The van der Waals surface area contributed by atoms with Gasteiger partial charge < -0.3 is 5.32 Å². The van der Waals surface area contributed by atoms with Crippen LogP contribution in [0.4, 0.5) is 5.69 Å². The smallest absolute Gasteiger partial charge is 0.159 e. The molecular formula is C20H17Cl2NO. The van der Waals surface area contributed by atoms with Gasteiger partial charge in [0.25, 0.3) is 0 Å². The number of benzene rings is 2. The van der Waals surface area contributed by atoms with E-state index in [0.29, 0.717) is 21.9 Å². The summed E-state index contributed by atoms with van der Waals surface area (Å²) in [4.78, 5) is 11.7. The van der Waals surface area contributed by atoms with Crippen molar-refractivity contribution in [3.8, 4) is 0 Å². The average molecular weight is 358 g/mol. The Kier molecular flexibility index (Phi) is 3.90. The number of halogens is 2. The summed E-state index contributed by atoms with van der Waals surface area (Å²) in [7, 11) is 0. The van der Waals surface area contributed by atoms with E-state index >= 15 is 0 Å². The summed E-state index contributed by atoms with van der Waals surface area (Å²) in [6, 6.07) is 11.9. The summed E-state index contributed by atoms with van der Waals surface area (Å²) in [5.41, 5.74) is 4.20. The Bertz CT molecular complexity index is 859. The van der Waals surface area contributed by atoms with Crippen molar-refractivity contribution in [3.05, 3.63) is 75.3 Å². The van der Waals surface area contributed by atoms with Crippen molar-refractivity contribution >= 4 is 34.7 Å². The largest absolute Gasteiger partial charge is 0.378 e. The molecule has 0 radical (unpaired) electrons. The van der Waals surface area contributed by atoms with Crippen molar-refractivity contribution in [2.75, 3.05) is 5.32 Å². The third-order valence-electron chi connectivity index (χ3n) is 5.07. The van der Waals surface area contributed by atoms with Crippen molar-refractivity contribution < 1.29 is 4.79 Å². The topological polar surface area (TPSA) is 29.1 Å². The first-order chi connectivity index (χ1) is 11.5. The minimum atomic E-state index is 0.0999. The lowest BCUT2D eigenvalue weighted by Gasteiger charge is -2.37. The van der Waals surface area contributed by atoms with Gasteiger partial charge in [-0.15, -0.1) is 0 Å². The SMILES string of the molecule is CC(=O)c1ccc2c(c1)[C@@H]1C=CC[C@@H]1[C@H](c1ccc(Cl)c(Cl)c1)N2. The molecule has 0 bridgehead atoms. The fourth-order valence-corrected chi connectivity index (χ4v) is 4.16. The number of carbonyl (C=O) groups is 1. The van der Waals surface area contributed by atoms with E-state index in [1.54, 1.807) is 6.92 Å². The predicted octanol–water partition coefficient (Wildman–Crippen LogP) is 6.02.